The molecule has 35 heavy (non-hydrogen) atoms. The summed E-state index contributed by atoms with van der Waals surface area (Å²) >= 11 is 1.30. The second-order valence-electron chi connectivity index (χ2n) is 8.80. The van der Waals surface area contributed by atoms with E-state index in [0.29, 0.717) is 4.88 Å². The maximum Gasteiger partial charge on any atom is 0.408 e. The Kier molecular flexibility index (Phi) is 9.03. The van der Waals surface area contributed by atoms with Gasteiger partial charge in [-0.3, -0.25) is 9.59 Å². The van der Waals surface area contributed by atoms with Crippen molar-refractivity contribution >= 4 is 29.4 Å². The molecule has 0 fully saturated rings. The molecule has 0 unspecified atom stereocenters. The number of hydrogen-bond donors (Lipinski definition) is 1. The average molecular weight is 496 g/mol. The maximum absolute atomic E-state index is 13.3. The minimum Gasteiger partial charge on any atom is -0.460 e. The fraction of sp³-hybridized carbons (Fsp3) is 0.296. The molecule has 184 valence electrons. The molecule has 1 N–H and O–H groups in total. The summed E-state index contributed by atoms with van der Waals surface area (Å²) in [6.45, 7) is 5.14. The molecule has 0 aliphatic rings. The largest absolute Gasteiger partial charge is 0.460 e. The van der Waals surface area contributed by atoms with Crippen molar-refractivity contribution in [3.8, 4) is 0 Å². The van der Waals surface area contributed by atoms with Crippen molar-refractivity contribution in [3.63, 3.8) is 0 Å². The van der Waals surface area contributed by atoms with Gasteiger partial charge in [-0.25, -0.2) is 4.79 Å². The van der Waals surface area contributed by atoms with Crippen LogP contribution in [0.4, 0.5) is 4.79 Å². The van der Waals surface area contributed by atoms with Gasteiger partial charge in [-0.05, 0) is 43.3 Å². The molecule has 3 rings (SSSR count). The Bertz CT molecular complexity index is 1040. The Labute approximate surface area is 209 Å². The molecule has 1 amide bonds. The van der Waals surface area contributed by atoms with E-state index in [2.05, 4.69) is 5.32 Å². The van der Waals surface area contributed by atoms with Gasteiger partial charge in [0.15, 0.2) is 5.92 Å². The second kappa shape index (κ2) is 12.2. The van der Waals surface area contributed by atoms with Gasteiger partial charge in [0.2, 0.25) is 0 Å². The molecule has 0 saturated carbocycles. The van der Waals surface area contributed by atoms with E-state index < -0.39 is 35.6 Å². The van der Waals surface area contributed by atoms with Crippen LogP contribution in [0.3, 0.4) is 0 Å². The highest BCUT2D eigenvalue weighted by molar-refractivity contribution is 7.10. The third-order valence-corrected chi connectivity index (χ3v) is 5.77. The van der Waals surface area contributed by atoms with E-state index in [0.717, 1.165) is 11.1 Å². The van der Waals surface area contributed by atoms with E-state index in [1.54, 1.807) is 38.3 Å². The van der Waals surface area contributed by atoms with Crippen molar-refractivity contribution < 1.29 is 28.6 Å². The molecule has 1 atom stereocenters. The number of hydrogen-bond acceptors (Lipinski definition) is 7. The van der Waals surface area contributed by atoms with Gasteiger partial charge in [-0.15, -0.1) is 11.3 Å². The van der Waals surface area contributed by atoms with E-state index in [1.165, 1.54) is 11.3 Å². The minimum absolute atomic E-state index is 0.0221. The Morgan fingerprint density at radius 3 is 1.74 bits per heavy atom. The van der Waals surface area contributed by atoms with Crippen LogP contribution in [0.2, 0.25) is 0 Å². The van der Waals surface area contributed by atoms with Crippen LogP contribution >= 0.6 is 11.3 Å². The normalized spacial score (nSPS) is 12.0. The summed E-state index contributed by atoms with van der Waals surface area (Å²) < 4.78 is 16.4. The smallest absolute Gasteiger partial charge is 0.408 e. The topological polar surface area (TPSA) is 90.9 Å². The molecule has 7 nitrogen and oxygen atoms in total. The summed E-state index contributed by atoms with van der Waals surface area (Å²) in [6, 6.07) is 20.7. The van der Waals surface area contributed by atoms with E-state index in [9.17, 15) is 14.4 Å². The summed E-state index contributed by atoms with van der Waals surface area (Å²) in [5.41, 5.74) is 0.774. The molecule has 2 aromatic carbocycles. The highest BCUT2D eigenvalue weighted by atomic mass is 32.1. The van der Waals surface area contributed by atoms with Crippen LogP contribution in [0.1, 0.15) is 42.8 Å². The first-order valence-electron chi connectivity index (χ1n) is 11.2. The fourth-order valence-electron chi connectivity index (χ4n) is 3.23. The first-order chi connectivity index (χ1) is 16.7. The average Bonchev–Trinajstić information content (AvgIpc) is 3.36. The summed E-state index contributed by atoms with van der Waals surface area (Å²) in [5.74, 6) is -3.05. The van der Waals surface area contributed by atoms with E-state index in [1.807, 2.05) is 60.7 Å². The predicted molar refractivity (Wildman–Crippen MR) is 132 cm³/mol. The summed E-state index contributed by atoms with van der Waals surface area (Å²) in [6.07, 6.45) is -0.757. The SMILES string of the molecule is CC(C)(C)OC(=O)N[C@@H](c1cccs1)C(C(=O)OCc1ccccc1)C(=O)OCc1ccccc1. The number of esters is 2. The van der Waals surface area contributed by atoms with E-state index in [4.69, 9.17) is 14.2 Å². The summed E-state index contributed by atoms with van der Waals surface area (Å²) in [7, 11) is 0. The predicted octanol–water partition coefficient (Wildman–Crippen LogP) is 5.42. The third-order valence-electron chi connectivity index (χ3n) is 4.81. The molecule has 1 heterocycles. The zero-order valence-corrected chi connectivity index (χ0v) is 20.7. The Hall–Kier alpha value is -3.65. The van der Waals surface area contributed by atoms with Gasteiger partial charge in [0.05, 0.1) is 6.04 Å². The lowest BCUT2D eigenvalue weighted by atomic mass is 9.98. The molecule has 3 aromatic rings. The van der Waals surface area contributed by atoms with Crippen LogP contribution < -0.4 is 5.32 Å². The van der Waals surface area contributed by atoms with Crippen molar-refractivity contribution in [1.29, 1.82) is 0 Å². The Morgan fingerprint density at radius 2 is 1.31 bits per heavy atom. The monoisotopic (exact) mass is 495 g/mol. The Morgan fingerprint density at radius 1 is 0.800 bits per heavy atom. The molecule has 0 radical (unpaired) electrons. The highest BCUT2D eigenvalue weighted by Crippen LogP contribution is 2.29. The number of carbonyl (C=O) groups excluding carboxylic acids is 3. The number of rotatable bonds is 9. The first kappa shape index (κ1) is 26.0. The van der Waals surface area contributed by atoms with E-state index >= 15 is 0 Å². The molecule has 8 heteroatoms. The zero-order chi connectivity index (χ0) is 25.3. The lowest BCUT2D eigenvalue weighted by Gasteiger charge is -2.27. The summed E-state index contributed by atoms with van der Waals surface area (Å²) in [4.78, 5) is 39.8. The molecular formula is C27H29NO6S. The van der Waals surface area contributed by atoms with Crippen LogP contribution in [-0.4, -0.2) is 23.6 Å². The number of ether oxygens (including phenoxy) is 3. The first-order valence-corrected chi connectivity index (χ1v) is 12.0. The number of alkyl carbamates (subject to hydrolysis) is 1. The van der Waals surface area contributed by atoms with Gasteiger partial charge < -0.3 is 19.5 Å². The highest BCUT2D eigenvalue weighted by Gasteiger charge is 2.41. The van der Waals surface area contributed by atoms with Crippen molar-refractivity contribution in [2.24, 2.45) is 5.92 Å². The van der Waals surface area contributed by atoms with Crippen molar-refractivity contribution in [2.75, 3.05) is 0 Å². The number of thiophene rings is 1. The Balaban J connectivity index is 1.85. The van der Waals surface area contributed by atoms with Gasteiger partial charge >= 0.3 is 18.0 Å². The van der Waals surface area contributed by atoms with Crippen LogP contribution in [0.5, 0.6) is 0 Å². The van der Waals surface area contributed by atoms with Gasteiger partial charge in [0.25, 0.3) is 0 Å². The number of carbonyl (C=O) groups is 3. The summed E-state index contributed by atoms with van der Waals surface area (Å²) in [5, 5.41) is 4.47. The number of benzene rings is 2. The van der Waals surface area contributed by atoms with Gasteiger partial charge in [0, 0.05) is 4.88 Å². The van der Waals surface area contributed by atoms with E-state index in [-0.39, 0.29) is 13.2 Å². The van der Waals surface area contributed by atoms with Gasteiger partial charge in [-0.1, -0.05) is 66.7 Å². The lowest BCUT2D eigenvalue weighted by molar-refractivity contribution is -0.165. The lowest BCUT2D eigenvalue weighted by Crippen LogP contribution is -2.43. The standard InChI is InChI=1S/C27H29NO6S/c1-27(2,3)34-26(31)28-23(21-15-10-16-35-21)22(24(29)32-17-19-11-6-4-7-12-19)25(30)33-18-20-13-8-5-9-14-20/h4-16,22-23H,17-18H2,1-3H3,(H,28,31)/t23-/m0/s1. The minimum atomic E-state index is -1.44. The zero-order valence-electron chi connectivity index (χ0n) is 19.9. The van der Waals surface area contributed by atoms with Crippen molar-refractivity contribution in [3.05, 3.63) is 94.2 Å². The molecule has 0 saturated heterocycles. The maximum atomic E-state index is 13.3. The molecular weight excluding hydrogens is 466 g/mol. The van der Waals surface area contributed by atoms with Crippen LogP contribution in [0, 0.1) is 5.92 Å². The fourth-order valence-corrected chi connectivity index (χ4v) is 4.04. The molecule has 0 spiro atoms. The van der Waals surface area contributed by atoms with Gasteiger partial charge in [-0.2, -0.15) is 0 Å². The van der Waals surface area contributed by atoms with Gasteiger partial charge in [0.1, 0.15) is 18.8 Å². The number of nitrogens with one attached hydrogen (secondary N) is 1. The van der Waals surface area contributed by atoms with Crippen LogP contribution in [-0.2, 0) is 37.0 Å². The quantitative estimate of drug-likeness (QED) is 0.242. The number of amides is 1. The third kappa shape index (κ3) is 8.26. The molecule has 0 bridgehead atoms. The van der Waals surface area contributed by atoms with Crippen LogP contribution in [0.15, 0.2) is 78.2 Å². The van der Waals surface area contributed by atoms with Crippen LogP contribution in [0.25, 0.3) is 0 Å². The molecule has 0 aliphatic heterocycles. The molecule has 0 aliphatic carbocycles. The molecule has 1 aromatic heterocycles. The van der Waals surface area contributed by atoms with Crippen molar-refractivity contribution in [2.45, 2.75) is 45.6 Å². The van der Waals surface area contributed by atoms with Crippen molar-refractivity contribution in [1.82, 2.24) is 5.32 Å². The second-order valence-corrected chi connectivity index (χ2v) is 9.78.